The monoisotopic (exact) mass is 563 g/mol. The van der Waals surface area contributed by atoms with Crippen LogP contribution in [-0.2, 0) is 11.3 Å². The van der Waals surface area contributed by atoms with Crippen molar-refractivity contribution < 1.29 is 19.1 Å². The molecular weight excluding hydrogens is 530 g/mol. The van der Waals surface area contributed by atoms with E-state index < -0.39 is 0 Å². The number of aryl methyl sites for hydroxylation is 1. The number of piperazine rings is 1. The lowest BCUT2D eigenvalue weighted by molar-refractivity contribution is -0.147. The van der Waals surface area contributed by atoms with Gasteiger partial charge in [-0.15, -0.1) is 0 Å². The van der Waals surface area contributed by atoms with Gasteiger partial charge in [-0.2, -0.15) is 5.06 Å². The number of aromatic amines is 1. The predicted octanol–water partition coefficient (Wildman–Crippen LogP) is 5.22. The number of imidazole rings is 1. The number of hydrogen-bond acceptors (Lipinski definition) is 6. The summed E-state index contributed by atoms with van der Waals surface area (Å²) in [6.07, 6.45) is 6.51. The van der Waals surface area contributed by atoms with Crippen molar-refractivity contribution in [3.8, 4) is 22.6 Å². The number of carbonyl (C=O) groups is 1. The summed E-state index contributed by atoms with van der Waals surface area (Å²) in [5.41, 5.74) is 5.64. The molecule has 9 heteroatoms. The highest BCUT2D eigenvalue weighted by atomic mass is 16.7. The Morgan fingerprint density at radius 3 is 2.60 bits per heavy atom. The third kappa shape index (κ3) is 4.80. The number of carbonyl (C=O) groups excluding carboxylic acids is 1. The van der Waals surface area contributed by atoms with Gasteiger partial charge in [0.25, 0.3) is 5.91 Å². The topological polar surface area (TPSA) is 84.8 Å². The van der Waals surface area contributed by atoms with Crippen LogP contribution in [0, 0.1) is 6.92 Å². The van der Waals surface area contributed by atoms with E-state index in [1.165, 1.54) is 0 Å². The maximum atomic E-state index is 14.2. The molecule has 0 spiro atoms. The molecule has 0 radical (unpaired) electrons. The van der Waals surface area contributed by atoms with Gasteiger partial charge in [-0.1, -0.05) is 48.5 Å². The van der Waals surface area contributed by atoms with E-state index in [1.807, 2.05) is 47.3 Å². The summed E-state index contributed by atoms with van der Waals surface area (Å²) in [4.78, 5) is 29.5. The second-order valence-electron chi connectivity index (χ2n) is 10.8. The summed E-state index contributed by atoms with van der Waals surface area (Å²) in [6, 6.07) is 20.5. The van der Waals surface area contributed by atoms with Crippen LogP contribution < -0.4 is 9.47 Å². The van der Waals surface area contributed by atoms with Crippen LogP contribution in [0.1, 0.15) is 33.4 Å². The molecule has 7 rings (SSSR count). The van der Waals surface area contributed by atoms with Crippen LogP contribution in [0.4, 0.5) is 0 Å². The lowest BCUT2D eigenvalue weighted by Crippen LogP contribution is -2.48. The second-order valence-corrected chi connectivity index (χ2v) is 10.8. The van der Waals surface area contributed by atoms with E-state index in [-0.39, 0.29) is 18.7 Å². The Hall–Kier alpha value is -4.60. The van der Waals surface area contributed by atoms with Gasteiger partial charge in [0.15, 0.2) is 11.5 Å². The molecule has 0 saturated carbocycles. The van der Waals surface area contributed by atoms with Crippen LogP contribution in [0.3, 0.4) is 0 Å². The first-order chi connectivity index (χ1) is 20.6. The summed E-state index contributed by atoms with van der Waals surface area (Å²) >= 11 is 0. The molecule has 2 aliphatic heterocycles. The smallest absolute Gasteiger partial charge is 0.256 e. The van der Waals surface area contributed by atoms with Crippen molar-refractivity contribution >= 4 is 16.7 Å². The van der Waals surface area contributed by atoms with Crippen molar-refractivity contribution in [1.82, 2.24) is 24.5 Å². The van der Waals surface area contributed by atoms with Gasteiger partial charge in [-0.3, -0.25) is 4.79 Å². The first-order valence-electron chi connectivity index (χ1n) is 14.3. The number of H-pyrrole nitrogens is 1. The fourth-order valence-corrected chi connectivity index (χ4v) is 6.08. The molecule has 0 aliphatic carbocycles. The molecule has 2 aliphatic rings. The summed E-state index contributed by atoms with van der Waals surface area (Å²) in [6.45, 7) is 4.82. The minimum atomic E-state index is -0.155. The lowest BCUT2D eigenvalue weighted by Gasteiger charge is -2.33. The van der Waals surface area contributed by atoms with Crippen molar-refractivity contribution in [3.63, 3.8) is 0 Å². The molecule has 1 amide bonds. The first-order valence-corrected chi connectivity index (χ1v) is 14.3. The van der Waals surface area contributed by atoms with Crippen molar-refractivity contribution in [1.29, 1.82) is 0 Å². The average Bonchev–Trinajstić information content (AvgIpc) is 3.79. The molecular formula is C33H33N5O4. The van der Waals surface area contributed by atoms with Gasteiger partial charge in [0.2, 0.25) is 6.79 Å². The molecule has 9 nitrogen and oxygen atoms in total. The zero-order valence-corrected chi connectivity index (χ0v) is 23.7. The number of benzene rings is 3. The van der Waals surface area contributed by atoms with Gasteiger partial charge in [-0.25, -0.2) is 4.98 Å². The zero-order valence-electron chi connectivity index (χ0n) is 23.7. The highest BCUT2D eigenvalue weighted by Crippen LogP contribution is 2.37. The van der Waals surface area contributed by atoms with E-state index in [0.717, 1.165) is 50.3 Å². The molecule has 5 aromatic rings. The Kier molecular flexibility index (Phi) is 6.89. The van der Waals surface area contributed by atoms with Gasteiger partial charge in [0.1, 0.15) is 0 Å². The number of nitrogens with one attached hydrogen (secondary N) is 1. The van der Waals surface area contributed by atoms with Gasteiger partial charge < -0.3 is 28.8 Å². The predicted molar refractivity (Wildman–Crippen MR) is 160 cm³/mol. The fourth-order valence-electron chi connectivity index (χ4n) is 6.08. The minimum Gasteiger partial charge on any atom is -0.454 e. The first kappa shape index (κ1) is 26.3. The highest BCUT2D eigenvalue weighted by molar-refractivity contribution is 6.06. The van der Waals surface area contributed by atoms with Crippen molar-refractivity contribution in [3.05, 3.63) is 102 Å². The Morgan fingerprint density at radius 1 is 0.976 bits per heavy atom. The molecule has 0 bridgehead atoms. The number of aromatic nitrogens is 3. The van der Waals surface area contributed by atoms with Gasteiger partial charge in [0, 0.05) is 49.8 Å². The van der Waals surface area contributed by atoms with Crippen LogP contribution in [-0.4, -0.2) is 70.5 Å². The van der Waals surface area contributed by atoms with Crippen LogP contribution in [0.5, 0.6) is 11.5 Å². The summed E-state index contributed by atoms with van der Waals surface area (Å²) in [7, 11) is 1.67. The molecule has 214 valence electrons. The lowest BCUT2D eigenvalue weighted by atomic mass is 9.97. The summed E-state index contributed by atoms with van der Waals surface area (Å²) < 4.78 is 13.4. The fraction of sp³-hybridized carbons (Fsp3) is 0.273. The number of nitrogens with zero attached hydrogens (tertiary/aromatic N) is 4. The third-order valence-corrected chi connectivity index (χ3v) is 8.35. The van der Waals surface area contributed by atoms with Crippen molar-refractivity contribution in [2.24, 2.45) is 0 Å². The zero-order chi connectivity index (χ0) is 28.6. The largest absolute Gasteiger partial charge is 0.454 e. The average molecular weight is 564 g/mol. The molecule has 1 unspecified atom stereocenters. The normalized spacial score (nSPS) is 15.8. The van der Waals surface area contributed by atoms with Crippen molar-refractivity contribution in [2.45, 2.75) is 19.4 Å². The SMILES string of the molecule is CON1CCN(C(=O)c2cn(C(Cc3ccc4c(c3)OCO4)c3nc[nH]c3C)cc2-c2cccc3ccccc23)CC1. The summed E-state index contributed by atoms with van der Waals surface area (Å²) in [5, 5.41) is 4.14. The Labute approximate surface area is 244 Å². The number of rotatable bonds is 7. The van der Waals surface area contributed by atoms with Crippen LogP contribution in [0.25, 0.3) is 21.9 Å². The number of hydroxylamine groups is 2. The van der Waals surface area contributed by atoms with E-state index in [0.29, 0.717) is 38.2 Å². The van der Waals surface area contributed by atoms with E-state index >= 15 is 0 Å². The molecule has 4 heterocycles. The third-order valence-electron chi connectivity index (χ3n) is 8.35. The van der Waals surface area contributed by atoms with Crippen LogP contribution in [0.2, 0.25) is 0 Å². The van der Waals surface area contributed by atoms with Crippen LogP contribution in [0.15, 0.2) is 79.4 Å². The number of amides is 1. The van der Waals surface area contributed by atoms with E-state index in [9.17, 15) is 4.79 Å². The van der Waals surface area contributed by atoms with Crippen molar-refractivity contribution in [2.75, 3.05) is 40.1 Å². The van der Waals surface area contributed by atoms with Gasteiger partial charge in [-0.05, 0) is 47.4 Å². The maximum absolute atomic E-state index is 14.2. The molecule has 1 atom stereocenters. The number of ether oxygens (including phenoxy) is 2. The highest BCUT2D eigenvalue weighted by Gasteiger charge is 2.29. The molecule has 2 aromatic heterocycles. The van der Waals surface area contributed by atoms with Crippen LogP contribution >= 0.6 is 0 Å². The van der Waals surface area contributed by atoms with E-state index in [2.05, 4.69) is 52.1 Å². The quantitative estimate of drug-likeness (QED) is 0.292. The molecule has 42 heavy (non-hydrogen) atoms. The Balaban J connectivity index is 1.34. The Bertz CT molecular complexity index is 1750. The number of hydrogen-bond donors (Lipinski definition) is 1. The van der Waals surface area contributed by atoms with Gasteiger partial charge >= 0.3 is 0 Å². The Morgan fingerprint density at radius 2 is 1.79 bits per heavy atom. The van der Waals surface area contributed by atoms with E-state index in [4.69, 9.17) is 19.3 Å². The van der Waals surface area contributed by atoms with E-state index in [1.54, 1.807) is 13.4 Å². The van der Waals surface area contributed by atoms with Gasteiger partial charge in [0.05, 0.1) is 30.7 Å². The molecule has 3 aromatic carbocycles. The minimum absolute atomic E-state index is 0.0213. The second kappa shape index (κ2) is 11.0. The molecule has 1 fully saturated rings. The molecule has 1 saturated heterocycles. The standard InChI is InChI=1S/C33H33N5O4/c1-22-32(35-20-34-22)29(16-23-10-11-30-31(17-23)42-21-41-30)37-18-27(26-9-5-7-24-6-3-4-8-25(24)26)28(19-37)33(39)36-12-14-38(40-2)15-13-36/h3-11,17-20,29H,12-16,21H2,1-2H3,(H,34,35). The maximum Gasteiger partial charge on any atom is 0.256 e. The summed E-state index contributed by atoms with van der Waals surface area (Å²) in [5.74, 6) is 1.53. The molecule has 1 N–H and O–H groups in total. The number of fused-ring (bicyclic) bond motifs is 2.